The number of carbonyl (C=O) groups excluding carboxylic acids is 2. The number of hydrogen-bond acceptors (Lipinski definition) is 4. The average Bonchev–Trinajstić information content (AvgIpc) is 3.17. The van der Waals surface area contributed by atoms with Crippen LogP contribution < -0.4 is 15.1 Å². The Morgan fingerprint density at radius 2 is 2.00 bits per heavy atom. The minimum Gasteiger partial charge on any atom is -0.366 e. The van der Waals surface area contributed by atoms with Crippen molar-refractivity contribution < 1.29 is 9.59 Å². The molecule has 0 aromatic carbocycles. The van der Waals surface area contributed by atoms with E-state index in [0.29, 0.717) is 11.5 Å². The van der Waals surface area contributed by atoms with E-state index in [4.69, 9.17) is 0 Å². The van der Waals surface area contributed by atoms with Crippen molar-refractivity contribution in [3.8, 4) is 0 Å². The third-order valence-corrected chi connectivity index (χ3v) is 5.21. The fourth-order valence-corrected chi connectivity index (χ4v) is 4.07. The Kier molecular flexibility index (Phi) is 3.47. The zero-order chi connectivity index (χ0) is 16.0. The fraction of sp³-hybridized carbons (Fsp3) is 0.588. The normalized spacial score (nSPS) is 23.1. The number of hydrogen-bond donors (Lipinski definition) is 1. The van der Waals surface area contributed by atoms with Gasteiger partial charge in [0, 0.05) is 26.1 Å². The Balaban J connectivity index is 1.64. The molecule has 2 bridgehead atoms. The summed E-state index contributed by atoms with van der Waals surface area (Å²) >= 11 is 0. The van der Waals surface area contributed by atoms with Crippen LogP contribution in [0, 0.1) is 0 Å². The number of carbonyl (C=O) groups is 2. The van der Waals surface area contributed by atoms with Gasteiger partial charge in [0.15, 0.2) is 5.82 Å². The summed E-state index contributed by atoms with van der Waals surface area (Å²) < 4.78 is 0. The van der Waals surface area contributed by atoms with E-state index >= 15 is 0 Å². The molecule has 1 saturated heterocycles. The minimum absolute atomic E-state index is 0.00125. The molecule has 6 nitrogen and oxygen atoms in total. The third kappa shape index (κ3) is 2.46. The van der Waals surface area contributed by atoms with E-state index in [9.17, 15) is 9.59 Å². The topological polar surface area (TPSA) is 65.5 Å². The Bertz CT molecular complexity index is 654. The van der Waals surface area contributed by atoms with Gasteiger partial charge in [-0.15, -0.1) is 0 Å². The number of fused-ring (bicyclic) bond motifs is 4. The molecule has 1 aliphatic carbocycles. The van der Waals surface area contributed by atoms with Gasteiger partial charge >= 0.3 is 0 Å². The number of nitrogens with one attached hydrogen (secondary N) is 1. The van der Waals surface area contributed by atoms with Gasteiger partial charge < -0.3 is 10.2 Å². The highest BCUT2D eigenvalue weighted by Crippen LogP contribution is 2.38. The van der Waals surface area contributed by atoms with Crippen LogP contribution in [0.4, 0.5) is 11.5 Å². The second-order valence-corrected chi connectivity index (χ2v) is 6.77. The highest BCUT2D eigenvalue weighted by atomic mass is 16.2. The Morgan fingerprint density at radius 3 is 2.74 bits per heavy atom. The monoisotopic (exact) mass is 314 g/mol. The lowest BCUT2D eigenvalue weighted by atomic mass is 10.1. The van der Waals surface area contributed by atoms with Gasteiger partial charge in [0.25, 0.3) is 5.91 Å². The van der Waals surface area contributed by atoms with Gasteiger partial charge in [0.2, 0.25) is 5.91 Å². The third-order valence-electron chi connectivity index (χ3n) is 5.21. The van der Waals surface area contributed by atoms with Crippen molar-refractivity contribution in [2.45, 2.75) is 51.1 Å². The van der Waals surface area contributed by atoms with Gasteiger partial charge in [-0.1, -0.05) is 12.8 Å². The zero-order valence-electron chi connectivity index (χ0n) is 13.4. The largest absolute Gasteiger partial charge is 0.366 e. The van der Waals surface area contributed by atoms with Crippen LogP contribution in [0.2, 0.25) is 0 Å². The highest BCUT2D eigenvalue weighted by Gasteiger charge is 2.39. The Hall–Kier alpha value is -2.11. The van der Waals surface area contributed by atoms with Crippen molar-refractivity contribution in [1.29, 1.82) is 0 Å². The molecule has 1 atom stereocenters. The molecule has 1 aromatic rings. The maximum atomic E-state index is 12.5. The van der Waals surface area contributed by atoms with Gasteiger partial charge in [0.1, 0.15) is 5.69 Å². The molecule has 122 valence electrons. The summed E-state index contributed by atoms with van der Waals surface area (Å²) in [6.07, 6.45) is 5.41. The second-order valence-electron chi connectivity index (χ2n) is 6.77. The molecule has 0 spiro atoms. The maximum Gasteiger partial charge on any atom is 0.270 e. The predicted molar refractivity (Wildman–Crippen MR) is 87.7 cm³/mol. The highest BCUT2D eigenvalue weighted by molar-refractivity contribution is 5.99. The molecule has 0 radical (unpaired) electrons. The molecule has 23 heavy (non-hydrogen) atoms. The molecule has 1 aromatic heterocycles. The van der Waals surface area contributed by atoms with Crippen molar-refractivity contribution in [2.24, 2.45) is 0 Å². The van der Waals surface area contributed by atoms with Crippen molar-refractivity contribution in [3.05, 3.63) is 17.8 Å². The molecule has 3 heterocycles. The molecule has 3 aliphatic rings. The molecular weight excluding hydrogens is 292 g/mol. The molecule has 2 aliphatic heterocycles. The summed E-state index contributed by atoms with van der Waals surface area (Å²) in [4.78, 5) is 33.1. The van der Waals surface area contributed by atoms with E-state index in [0.717, 1.165) is 38.0 Å². The first-order valence-electron chi connectivity index (χ1n) is 8.50. The SMILES string of the molecule is CC(=O)N1c2nc(C(=O)NC3CCCC3)ccc2N2CCC1C2. The smallest absolute Gasteiger partial charge is 0.270 e. The molecule has 2 fully saturated rings. The summed E-state index contributed by atoms with van der Waals surface area (Å²) in [7, 11) is 0. The number of amides is 2. The average molecular weight is 314 g/mol. The molecule has 1 N–H and O–H groups in total. The molecule has 6 heteroatoms. The van der Waals surface area contributed by atoms with Gasteiger partial charge in [-0.2, -0.15) is 0 Å². The summed E-state index contributed by atoms with van der Waals surface area (Å²) in [5.41, 5.74) is 1.37. The van der Waals surface area contributed by atoms with Crippen LogP contribution in [0.5, 0.6) is 0 Å². The minimum atomic E-state index is -0.129. The van der Waals surface area contributed by atoms with Crippen LogP contribution in [-0.2, 0) is 4.79 Å². The number of nitrogens with zero attached hydrogens (tertiary/aromatic N) is 3. The lowest BCUT2D eigenvalue weighted by Crippen LogP contribution is -2.45. The molecule has 2 amide bonds. The van der Waals surface area contributed by atoms with Crippen LogP contribution in [0.25, 0.3) is 0 Å². The van der Waals surface area contributed by atoms with Gasteiger partial charge in [-0.3, -0.25) is 14.5 Å². The van der Waals surface area contributed by atoms with Gasteiger partial charge in [0.05, 0.1) is 11.7 Å². The lowest BCUT2D eigenvalue weighted by Gasteiger charge is -2.35. The maximum absolute atomic E-state index is 12.5. The number of aromatic nitrogens is 1. The van der Waals surface area contributed by atoms with Crippen molar-refractivity contribution >= 4 is 23.3 Å². The van der Waals surface area contributed by atoms with E-state index in [1.54, 1.807) is 17.9 Å². The van der Waals surface area contributed by atoms with E-state index < -0.39 is 0 Å². The second kappa shape index (κ2) is 5.51. The first-order chi connectivity index (χ1) is 11.1. The molecule has 4 rings (SSSR count). The molecular formula is C17H22N4O2. The van der Waals surface area contributed by atoms with Crippen LogP contribution in [0.1, 0.15) is 49.5 Å². The Morgan fingerprint density at radius 1 is 1.22 bits per heavy atom. The zero-order valence-corrected chi connectivity index (χ0v) is 13.4. The number of anilines is 2. The van der Waals surface area contributed by atoms with Crippen LogP contribution >= 0.6 is 0 Å². The Labute approximate surface area is 135 Å². The first-order valence-corrected chi connectivity index (χ1v) is 8.50. The van der Waals surface area contributed by atoms with Crippen molar-refractivity contribution in [1.82, 2.24) is 10.3 Å². The van der Waals surface area contributed by atoms with E-state index in [1.807, 2.05) is 6.07 Å². The quantitative estimate of drug-likeness (QED) is 0.902. The van der Waals surface area contributed by atoms with Crippen molar-refractivity contribution in [3.63, 3.8) is 0 Å². The summed E-state index contributed by atoms with van der Waals surface area (Å²) in [5.74, 6) is 0.514. The standard InChI is InChI=1S/C17H22N4O2/c1-11(22)21-13-8-9-20(10-13)15-7-6-14(19-16(15)21)17(23)18-12-4-2-3-5-12/h6-7,12-13H,2-5,8-10H2,1H3,(H,18,23). The van der Waals surface area contributed by atoms with Crippen LogP contribution in [0.15, 0.2) is 12.1 Å². The van der Waals surface area contributed by atoms with E-state index in [-0.39, 0.29) is 23.9 Å². The molecule has 1 saturated carbocycles. The van der Waals surface area contributed by atoms with Gasteiger partial charge in [-0.05, 0) is 31.4 Å². The first kappa shape index (κ1) is 14.5. The summed E-state index contributed by atoms with van der Waals surface area (Å²) in [5, 5.41) is 3.07. The number of rotatable bonds is 2. The summed E-state index contributed by atoms with van der Waals surface area (Å²) in [6, 6.07) is 4.16. The van der Waals surface area contributed by atoms with Gasteiger partial charge in [-0.25, -0.2) is 4.98 Å². The predicted octanol–water partition coefficient (Wildman–Crippen LogP) is 1.70. The number of pyridine rings is 1. The van der Waals surface area contributed by atoms with E-state index in [2.05, 4.69) is 15.2 Å². The summed E-state index contributed by atoms with van der Waals surface area (Å²) in [6.45, 7) is 3.38. The van der Waals surface area contributed by atoms with Crippen LogP contribution in [-0.4, -0.2) is 42.0 Å². The molecule has 1 unspecified atom stereocenters. The van der Waals surface area contributed by atoms with Crippen LogP contribution in [0.3, 0.4) is 0 Å². The fourth-order valence-electron chi connectivity index (χ4n) is 4.07. The van der Waals surface area contributed by atoms with Crippen molar-refractivity contribution in [2.75, 3.05) is 22.9 Å². The van der Waals surface area contributed by atoms with E-state index in [1.165, 1.54) is 12.8 Å². The lowest BCUT2D eigenvalue weighted by molar-refractivity contribution is -0.117.